The van der Waals surface area contributed by atoms with E-state index in [1.165, 1.54) is 24.9 Å². The van der Waals surface area contributed by atoms with E-state index in [0.29, 0.717) is 6.04 Å². The van der Waals surface area contributed by atoms with Crippen molar-refractivity contribution in [1.82, 2.24) is 19.9 Å². The fourth-order valence-corrected chi connectivity index (χ4v) is 2.49. The van der Waals surface area contributed by atoms with Crippen molar-refractivity contribution in [3.8, 4) is 0 Å². The first-order valence-electron chi connectivity index (χ1n) is 7.14. The molecule has 9 heteroatoms. The number of nitrogens with one attached hydrogen (secondary N) is 2. The van der Waals surface area contributed by atoms with E-state index in [0.717, 1.165) is 6.07 Å². The minimum Gasteiger partial charge on any atom is -0.477 e. The van der Waals surface area contributed by atoms with E-state index in [4.69, 9.17) is 5.11 Å². The van der Waals surface area contributed by atoms with Gasteiger partial charge in [0.25, 0.3) is 5.56 Å². The predicted molar refractivity (Wildman–Crippen MR) is 87.1 cm³/mol. The Balaban J connectivity index is 0.000000232. The number of likely N-dealkylation sites (tertiary alicyclic amines) is 1. The molecule has 1 aliphatic heterocycles. The Morgan fingerprint density at radius 2 is 2.12 bits per heavy atom. The van der Waals surface area contributed by atoms with Gasteiger partial charge < -0.3 is 15.6 Å². The predicted octanol–water partition coefficient (Wildman–Crippen LogP) is -0.215. The Morgan fingerprint density at radius 3 is 2.62 bits per heavy atom. The molecule has 0 amide bonds. The second kappa shape index (κ2) is 8.75. The molecular weight excluding hydrogens is 316 g/mol. The highest BCUT2D eigenvalue weighted by Gasteiger charge is 2.21. The maximum atomic E-state index is 10.5. The van der Waals surface area contributed by atoms with Gasteiger partial charge in [0.1, 0.15) is 5.69 Å². The summed E-state index contributed by atoms with van der Waals surface area (Å²) in [6.07, 6.45) is 6.41. The highest BCUT2D eigenvalue weighted by atomic mass is 16.4. The van der Waals surface area contributed by atoms with Crippen LogP contribution in [-0.4, -0.2) is 50.0 Å². The quantitative estimate of drug-likeness (QED) is 0.690. The highest BCUT2D eigenvalue weighted by molar-refractivity contribution is 5.84. The fourth-order valence-electron chi connectivity index (χ4n) is 2.49. The van der Waals surface area contributed by atoms with Crippen LogP contribution in [0.5, 0.6) is 0 Å². The molecule has 0 radical (unpaired) electrons. The fraction of sp³-hybridized carbons (Fsp3) is 0.333. The molecule has 0 aliphatic carbocycles. The lowest BCUT2D eigenvalue weighted by Crippen LogP contribution is -2.24. The molecule has 5 N–H and O–H groups in total. The van der Waals surface area contributed by atoms with Crippen molar-refractivity contribution in [1.29, 1.82) is 0 Å². The van der Waals surface area contributed by atoms with Gasteiger partial charge in [-0.05, 0) is 38.1 Å². The number of carboxylic acid groups (broad SMARTS) is 1. The zero-order chi connectivity index (χ0) is 16.8. The van der Waals surface area contributed by atoms with Gasteiger partial charge in [-0.1, -0.05) is 6.07 Å². The van der Waals surface area contributed by atoms with Crippen molar-refractivity contribution >= 4 is 5.97 Å². The van der Waals surface area contributed by atoms with E-state index < -0.39 is 22.9 Å². The first-order valence-corrected chi connectivity index (χ1v) is 7.14. The summed E-state index contributed by atoms with van der Waals surface area (Å²) >= 11 is 0. The molecule has 2 aromatic rings. The number of pyridine rings is 1. The summed E-state index contributed by atoms with van der Waals surface area (Å²) in [5.74, 6) is -1.34. The Hall–Kier alpha value is -2.78. The molecule has 1 aliphatic rings. The first kappa shape index (κ1) is 19.3. The summed E-state index contributed by atoms with van der Waals surface area (Å²) in [6, 6.07) is 5.59. The van der Waals surface area contributed by atoms with Gasteiger partial charge in [-0.3, -0.25) is 19.7 Å². The van der Waals surface area contributed by atoms with Gasteiger partial charge >= 0.3 is 11.7 Å². The molecule has 0 aromatic carbocycles. The maximum Gasteiger partial charge on any atom is 0.352 e. The second-order valence-corrected chi connectivity index (χ2v) is 5.23. The van der Waals surface area contributed by atoms with E-state index in [1.807, 2.05) is 28.4 Å². The Kier molecular flexibility index (Phi) is 7.02. The maximum absolute atomic E-state index is 10.5. The number of rotatable bonds is 2. The number of carbonyl (C=O) groups is 1. The lowest BCUT2D eigenvalue weighted by molar-refractivity contribution is 0.0689. The lowest BCUT2D eigenvalue weighted by atomic mass is 10.1. The molecule has 1 atom stereocenters. The number of aromatic carboxylic acids is 1. The third kappa shape index (κ3) is 5.14. The standard InChI is InChI=1S/C10H14N2.C5H4N2O4.H2O/c1-12-7-3-5-10(12)9-4-2-6-11-8-9;8-3-1-2(4(9)10)6-5(11)7-3;/h2,4,6,8,10H,3,5,7H2,1H3;1H,(H,9,10)(H2,6,7,8,11);1H2/t10-;;/m0../s1. The van der Waals surface area contributed by atoms with E-state index >= 15 is 0 Å². The summed E-state index contributed by atoms with van der Waals surface area (Å²) in [6.45, 7) is 1.22. The van der Waals surface area contributed by atoms with Gasteiger partial charge in [-0.15, -0.1) is 0 Å². The van der Waals surface area contributed by atoms with Crippen LogP contribution in [0.15, 0.2) is 40.2 Å². The SMILES string of the molecule is CN1CCC[C@H]1c1cccnc1.O.O=C(O)c1cc(=O)[nH]c(=O)[nH]1. The molecule has 130 valence electrons. The third-order valence-electron chi connectivity index (χ3n) is 3.58. The largest absolute Gasteiger partial charge is 0.477 e. The molecule has 0 unspecified atom stereocenters. The van der Waals surface area contributed by atoms with Crippen LogP contribution in [-0.2, 0) is 0 Å². The van der Waals surface area contributed by atoms with E-state index in [-0.39, 0.29) is 5.48 Å². The normalized spacial score (nSPS) is 16.6. The monoisotopic (exact) mass is 336 g/mol. The number of hydrogen-bond acceptors (Lipinski definition) is 5. The van der Waals surface area contributed by atoms with Gasteiger partial charge in [0.15, 0.2) is 0 Å². The Bertz CT molecular complexity index is 743. The summed E-state index contributed by atoms with van der Waals surface area (Å²) in [7, 11) is 2.19. The zero-order valence-electron chi connectivity index (χ0n) is 13.2. The van der Waals surface area contributed by atoms with Crippen molar-refractivity contribution in [2.75, 3.05) is 13.6 Å². The zero-order valence-corrected chi connectivity index (χ0v) is 13.2. The lowest BCUT2D eigenvalue weighted by Gasteiger charge is -2.18. The molecule has 1 saturated heterocycles. The Morgan fingerprint density at radius 1 is 1.38 bits per heavy atom. The highest BCUT2D eigenvalue weighted by Crippen LogP contribution is 2.29. The molecule has 2 aromatic heterocycles. The molecule has 0 saturated carbocycles. The van der Waals surface area contributed by atoms with Gasteiger partial charge in [0, 0.05) is 24.5 Å². The van der Waals surface area contributed by atoms with Crippen molar-refractivity contribution in [2.24, 2.45) is 0 Å². The molecule has 0 spiro atoms. The van der Waals surface area contributed by atoms with Gasteiger partial charge in [-0.2, -0.15) is 0 Å². The van der Waals surface area contributed by atoms with Crippen molar-refractivity contribution < 1.29 is 15.4 Å². The van der Waals surface area contributed by atoms with Crippen LogP contribution < -0.4 is 11.2 Å². The van der Waals surface area contributed by atoms with Crippen LogP contribution in [0.3, 0.4) is 0 Å². The number of aromatic nitrogens is 3. The Labute approximate surface area is 137 Å². The first-order chi connectivity index (χ1) is 11.0. The number of aromatic amines is 2. The molecule has 0 bridgehead atoms. The van der Waals surface area contributed by atoms with Crippen LogP contribution in [0.2, 0.25) is 0 Å². The molecular formula is C15H20N4O5. The van der Waals surface area contributed by atoms with Gasteiger partial charge in [0.05, 0.1) is 0 Å². The van der Waals surface area contributed by atoms with Crippen molar-refractivity contribution in [3.63, 3.8) is 0 Å². The van der Waals surface area contributed by atoms with Crippen LogP contribution >= 0.6 is 0 Å². The van der Waals surface area contributed by atoms with Gasteiger partial charge in [-0.25, -0.2) is 9.59 Å². The second-order valence-electron chi connectivity index (χ2n) is 5.23. The average molecular weight is 336 g/mol. The number of carboxylic acids is 1. The summed E-state index contributed by atoms with van der Waals surface area (Å²) < 4.78 is 0. The third-order valence-corrected chi connectivity index (χ3v) is 3.58. The van der Waals surface area contributed by atoms with Gasteiger partial charge in [0.2, 0.25) is 0 Å². The average Bonchev–Trinajstić information content (AvgIpc) is 2.94. The summed E-state index contributed by atoms with van der Waals surface area (Å²) in [5, 5.41) is 8.31. The minimum atomic E-state index is -1.34. The van der Waals surface area contributed by atoms with E-state index in [9.17, 15) is 14.4 Å². The van der Waals surface area contributed by atoms with Crippen molar-refractivity contribution in [2.45, 2.75) is 18.9 Å². The number of hydrogen-bond donors (Lipinski definition) is 3. The molecule has 1 fully saturated rings. The van der Waals surface area contributed by atoms with Crippen LogP contribution in [0.25, 0.3) is 0 Å². The van der Waals surface area contributed by atoms with E-state index in [2.05, 4.69) is 23.0 Å². The number of H-pyrrole nitrogens is 2. The van der Waals surface area contributed by atoms with E-state index in [1.54, 1.807) is 0 Å². The van der Waals surface area contributed by atoms with Crippen molar-refractivity contribution in [3.05, 3.63) is 62.7 Å². The molecule has 24 heavy (non-hydrogen) atoms. The smallest absolute Gasteiger partial charge is 0.352 e. The van der Waals surface area contributed by atoms with Crippen LogP contribution in [0.4, 0.5) is 0 Å². The van der Waals surface area contributed by atoms with Crippen LogP contribution in [0.1, 0.15) is 34.9 Å². The molecule has 3 heterocycles. The molecule has 3 rings (SSSR count). The number of nitrogens with zero attached hydrogens (tertiary/aromatic N) is 2. The summed E-state index contributed by atoms with van der Waals surface area (Å²) in [4.78, 5) is 41.4. The summed E-state index contributed by atoms with van der Waals surface area (Å²) in [5.41, 5.74) is -0.614. The molecule has 9 nitrogen and oxygen atoms in total. The topological polar surface area (TPSA) is 151 Å². The minimum absolute atomic E-state index is 0. The van der Waals surface area contributed by atoms with Crippen LogP contribution in [0, 0.1) is 0 Å².